The van der Waals surface area contributed by atoms with E-state index >= 15 is 0 Å². The van der Waals surface area contributed by atoms with E-state index in [-0.39, 0.29) is 0 Å². The molecule has 0 amide bonds. The molecule has 15 aromatic rings. The minimum Gasteiger partial charge on any atom is -0.309 e. The van der Waals surface area contributed by atoms with Gasteiger partial charge in [-0.25, -0.2) is 0 Å². The lowest BCUT2D eigenvalue weighted by Crippen LogP contribution is -2.28. The minimum atomic E-state index is -0.484. The molecule has 0 radical (unpaired) electrons. The van der Waals surface area contributed by atoms with Crippen molar-refractivity contribution >= 4 is 65.2 Å². The van der Waals surface area contributed by atoms with Crippen LogP contribution in [0.1, 0.15) is 22.3 Å². The van der Waals surface area contributed by atoms with Crippen molar-refractivity contribution in [2.75, 3.05) is 0 Å². The van der Waals surface area contributed by atoms with Gasteiger partial charge < -0.3 is 9.13 Å². The number of benzene rings is 13. The molecule has 13 aromatic carbocycles. The standard InChI is InChI=1S/C75H48N2/c1-4-20-49(21-5-1)73-61-29-10-12-31-63(61)74(64-32-13-11-30-62(64)73)50-36-40-55(41-37-50)76-69-34-18-15-27-59(69)65-46-51(38-44-71(65)76)52-39-45-72-66(47-52)60-28-16-19-35-70(60)77(72)56-42-43-58-57-26-14-17-33-67(57)75(68(58)48-56,53-22-6-2-7-23-53)54-24-8-3-9-25-54/h1-48H. The summed E-state index contributed by atoms with van der Waals surface area (Å²) in [6.45, 7) is 0. The smallest absolute Gasteiger partial charge is 0.0714 e. The zero-order valence-corrected chi connectivity index (χ0v) is 42.1. The molecule has 77 heavy (non-hydrogen) atoms. The van der Waals surface area contributed by atoms with Gasteiger partial charge in [0.15, 0.2) is 0 Å². The molecule has 0 N–H and O–H groups in total. The second kappa shape index (κ2) is 17.0. The van der Waals surface area contributed by atoms with Crippen LogP contribution in [0.4, 0.5) is 0 Å². The molecule has 0 atom stereocenters. The van der Waals surface area contributed by atoms with Crippen LogP contribution in [0.3, 0.4) is 0 Å². The molecule has 2 heterocycles. The molecule has 16 rings (SSSR count). The Balaban J connectivity index is 0.814. The first-order valence-corrected chi connectivity index (χ1v) is 26.7. The average molecular weight is 977 g/mol. The summed E-state index contributed by atoms with van der Waals surface area (Å²) in [6.07, 6.45) is 0. The van der Waals surface area contributed by atoms with Gasteiger partial charge in [-0.05, 0) is 149 Å². The molecule has 1 aliphatic carbocycles. The highest BCUT2D eigenvalue weighted by molar-refractivity contribution is 6.21. The van der Waals surface area contributed by atoms with Crippen LogP contribution in [0.15, 0.2) is 291 Å². The van der Waals surface area contributed by atoms with Crippen molar-refractivity contribution in [3.8, 4) is 55.9 Å². The molecular weight excluding hydrogens is 929 g/mol. The number of rotatable bonds is 7. The van der Waals surface area contributed by atoms with Crippen LogP contribution in [0, 0.1) is 0 Å². The summed E-state index contributed by atoms with van der Waals surface area (Å²) in [5.74, 6) is 0. The van der Waals surface area contributed by atoms with Gasteiger partial charge in [0.2, 0.25) is 0 Å². The van der Waals surface area contributed by atoms with E-state index in [0.717, 1.165) is 11.4 Å². The first-order valence-electron chi connectivity index (χ1n) is 26.7. The minimum absolute atomic E-state index is 0.484. The maximum atomic E-state index is 2.48. The van der Waals surface area contributed by atoms with Crippen LogP contribution in [0.25, 0.3) is 121 Å². The van der Waals surface area contributed by atoms with E-state index in [1.807, 2.05) is 0 Å². The normalized spacial score (nSPS) is 12.8. The van der Waals surface area contributed by atoms with Crippen LogP contribution in [-0.4, -0.2) is 9.13 Å². The number of nitrogens with zero attached hydrogens (tertiary/aromatic N) is 2. The summed E-state index contributed by atoms with van der Waals surface area (Å²) < 4.78 is 4.91. The summed E-state index contributed by atoms with van der Waals surface area (Å²) in [7, 11) is 0. The second-order valence-electron chi connectivity index (χ2n) is 20.7. The van der Waals surface area contributed by atoms with Crippen molar-refractivity contribution < 1.29 is 0 Å². The molecule has 0 aliphatic heterocycles. The third kappa shape index (κ3) is 6.37. The molecule has 2 heteroatoms. The first-order chi connectivity index (χ1) is 38.2. The SMILES string of the molecule is c1ccc(-c2c3ccccc3c(-c3ccc(-n4c5ccccc5c5cc(-c6ccc7c(c6)c6ccccc6n7-c6ccc7c(c6)C(c6ccccc6)(c6ccccc6)c6ccccc6-7)ccc54)cc3)c3ccccc23)cc1. The predicted molar refractivity (Wildman–Crippen MR) is 324 cm³/mol. The highest BCUT2D eigenvalue weighted by Gasteiger charge is 2.46. The summed E-state index contributed by atoms with van der Waals surface area (Å²) >= 11 is 0. The number of hydrogen-bond acceptors (Lipinski definition) is 0. The number of fused-ring (bicyclic) bond motifs is 11. The zero-order chi connectivity index (χ0) is 50.6. The Hall–Kier alpha value is -10.0. The summed E-state index contributed by atoms with van der Waals surface area (Å²) in [4.78, 5) is 0. The molecular formula is C75H48N2. The van der Waals surface area contributed by atoms with Gasteiger partial charge in [0, 0.05) is 32.9 Å². The summed E-state index contributed by atoms with van der Waals surface area (Å²) in [5, 5.41) is 9.98. The quantitative estimate of drug-likeness (QED) is 0.141. The lowest BCUT2D eigenvalue weighted by atomic mass is 9.67. The Morgan fingerprint density at radius 2 is 0.597 bits per heavy atom. The van der Waals surface area contributed by atoms with Crippen LogP contribution < -0.4 is 0 Å². The Kier molecular flexibility index (Phi) is 9.58. The summed E-state index contributed by atoms with van der Waals surface area (Å²) in [5.41, 5.74) is 21.6. The first kappa shape index (κ1) is 43.4. The van der Waals surface area contributed by atoms with Crippen LogP contribution >= 0.6 is 0 Å². The number of aromatic nitrogens is 2. The third-order valence-electron chi connectivity index (χ3n) is 16.8. The van der Waals surface area contributed by atoms with Gasteiger partial charge in [-0.15, -0.1) is 0 Å². The topological polar surface area (TPSA) is 9.86 Å². The molecule has 0 saturated carbocycles. The van der Waals surface area contributed by atoms with E-state index in [9.17, 15) is 0 Å². The molecule has 1 aliphatic rings. The van der Waals surface area contributed by atoms with Gasteiger partial charge in [-0.2, -0.15) is 0 Å². The van der Waals surface area contributed by atoms with Crippen molar-refractivity contribution in [2.45, 2.75) is 5.41 Å². The Morgan fingerprint density at radius 3 is 1.13 bits per heavy atom. The molecule has 2 nitrogen and oxygen atoms in total. The number of para-hydroxylation sites is 2. The molecule has 0 saturated heterocycles. The van der Waals surface area contributed by atoms with Crippen molar-refractivity contribution in [3.05, 3.63) is 313 Å². The molecule has 0 bridgehead atoms. The largest absolute Gasteiger partial charge is 0.309 e. The monoisotopic (exact) mass is 976 g/mol. The fraction of sp³-hybridized carbons (Fsp3) is 0.0133. The van der Waals surface area contributed by atoms with E-state index in [0.29, 0.717) is 0 Å². The van der Waals surface area contributed by atoms with Gasteiger partial charge in [0.05, 0.1) is 27.5 Å². The maximum absolute atomic E-state index is 2.48. The van der Waals surface area contributed by atoms with E-state index in [2.05, 4.69) is 300 Å². The van der Waals surface area contributed by atoms with E-state index in [4.69, 9.17) is 0 Å². The number of hydrogen-bond donors (Lipinski definition) is 0. The Morgan fingerprint density at radius 1 is 0.221 bits per heavy atom. The molecule has 358 valence electrons. The lowest BCUT2D eigenvalue weighted by Gasteiger charge is -2.34. The fourth-order valence-corrected chi connectivity index (χ4v) is 13.6. The van der Waals surface area contributed by atoms with E-state index in [1.165, 1.54) is 132 Å². The van der Waals surface area contributed by atoms with Gasteiger partial charge in [0.25, 0.3) is 0 Å². The van der Waals surface area contributed by atoms with Crippen molar-refractivity contribution in [3.63, 3.8) is 0 Å². The van der Waals surface area contributed by atoms with Gasteiger partial charge in [0.1, 0.15) is 0 Å². The van der Waals surface area contributed by atoms with E-state index in [1.54, 1.807) is 0 Å². The van der Waals surface area contributed by atoms with Crippen molar-refractivity contribution in [2.24, 2.45) is 0 Å². The maximum Gasteiger partial charge on any atom is 0.0714 e. The Bertz CT molecular complexity index is 4730. The van der Waals surface area contributed by atoms with Gasteiger partial charge >= 0.3 is 0 Å². The van der Waals surface area contributed by atoms with Crippen LogP contribution in [0.2, 0.25) is 0 Å². The highest BCUT2D eigenvalue weighted by atomic mass is 15.0. The molecule has 0 spiro atoms. The lowest BCUT2D eigenvalue weighted by molar-refractivity contribution is 0.767. The van der Waals surface area contributed by atoms with E-state index < -0.39 is 5.41 Å². The van der Waals surface area contributed by atoms with Crippen LogP contribution in [0.5, 0.6) is 0 Å². The predicted octanol–water partition coefficient (Wildman–Crippen LogP) is 19.6. The van der Waals surface area contributed by atoms with Crippen molar-refractivity contribution in [1.29, 1.82) is 0 Å². The highest BCUT2D eigenvalue weighted by Crippen LogP contribution is 2.57. The average Bonchev–Trinajstić information content (AvgIpc) is 4.27. The molecule has 0 fully saturated rings. The third-order valence-corrected chi connectivity index (χ3v) is 16.8. The zero-order valence-electron chi connectivity index (χ0n) is 42.1. The summed E-state index contributed by atoms with van der Waals surface area (Å²) in [6, 6.07) is 108. The molecule has 0 unspecified atom stereocenters. The van der Waals surface area contributed by atoms with Crippen molar-refractivity contribution in [1.82, 2.24) is 9.13 Å². The van der Waals surface area contributed by atoms with Gasteiger partial charge in [-0.1, -0.05) is 231 Å². The second-order valence-corrected chi connectivity index (χ2v) is 20.7. The Labute approximate surface area is 446 Å². The molecule has 2 aromatic heterocycles. The van der Waals surface area contributed by atoms with Crippen LogP contribution in [-0.2, 0) is 5.41 Å². The fourth-order valence-electron chi connectivity index (χ4n) is 13.6. The van der Waals surface area contributed by atoms with Gasteiger partial charge in [-0.3, -0.25) is 0 Å².